The zero-order valence-corrected chi connectivity index (χ0v) is 18.1. The second-order valence-corrected chi connectivity index (χ2v) is 9.89. The first-order valence-corrected chi connectivity index (χ1v) is 11.7. The number of pyridine rings is 1. The van der Waals surface area contributed by atoms with Crippen LogP contribution in [-0.4, -0.2) is 30.8 Å². The van der Waals surface area contributed by atoms with Crippen molar-refractivity contribution in [1.29, 1.82) is 0 Å². The predicted octanol–water partition coefficient (Wildman–Crippen LogP) is 4.83. The Labute approximate surface area is 181 Å². The van der Waals surface area contributed by atoms with E-state index >= 15 is 0 Å². The van der Waals surface area contributed by atoms with Crippen LogP contribution in [0.2, 0.25) is 0 Å². The molecule has 2 heterocycles. The van der Waals surface area contributed by atoms with Crippen molar-refractivity contribution in [2.24, 2.45) is 0 Å². The Morgan fingerprint density at radius 2 is 1.74 bits per heavy atom. The van der Waals surface area contributed by atoms with Crippen LogP contribution < -0.4 is 0 Å². The van der Waals surface area contributed by atoms with Gasteiger partial charge in [-0.1, -0.05) is 24.3 Å². The number of hydrogen-bond acceptors (Lipinski definition) is 3. The molecule has 2 aromatic carbocycles. The molecular formula is C24H24F2N2O2S. The number of piperidine rings is 1. The smallest absolute Gasteiger partial charge is 0.243 e. The van der Waals surface area contributed by atoms with Crippen molar-refractivity contribution < 1.29 is 17.2 Å². The summed E-state index contributed by atoms with van der Waals surface area (Å²) in [5.41, 5.74) is 2.80. The molecule has 0 atom stereocenters. The SMILES string of the molecule is Cc1cc(S(=O)(=O)N2CCC(c3ccc(Cc4ccccc4F)cn3)CC2)ccc1F. The fourth-order valence-electron chi connectivity index (χ4n) is 3.96. The van der Waals surface area contributed by atoms with E-state index < -0.39 is 15.8 Å². The van der Waals surface area contributed by atoms with Crippen molar-refractivity contribution in [1.82, 2.24) is 9.29 Å². The van der Waals surface area contributed by atoms with Crippen LogP contribution in [0.1, 0.15) is 41.1 Å². The fraction of sp³-hybridized carbons (Fsp3) is 0.292. The minimum atomic E-state index is -3.64. The van der Waals surface area contributed by atoms with Crippen LogP contribution >= 0.6 is 0 Å². The van der Waals surface area contributed by atoms with Gasteiger partial charge in [-0.2, -0.15) is 4.31 Å². The highest BCUT2D eigenvalue weighted by Gasteiger charge is 2.30. The van der Waals surface area contributed by atoms with Crippen LogP contribution in [0.25, 0.3) is 0 Å². The van der Waals surface area contributed by atoms with E-state index in [1.54, 1.807) is 25.3 Å². The average molecular weight is 443 g/mol. The van der Waals surface area contributed by atoms with Crippen LogP contribution in [0.3, 0.4) is 0 Å². The summed E-state index contributed by atoms with van der Waals surface area (Å²) in [7, 11) is -3.64. The van der Waals surface area contributed by atoms with Gasteiger partial charge in [0.1, 0.15) is 11.6 Å². The van der Waals surface area contributed by atoms with Gasteiger partial charge in [0.25, 0.3) is 0 Å². The molecule has 7 heteroatoms. The highest BCUT2D eigenvalue weighted by atomic mass is 32.2. The monoisotopic (exact) mass is 442 g/mol. The maximum absolute atomic E-state index is 13.9. The first-order valence-electron chi connectivity index (χ1n) is 10.3. The molecule has 0 aliphatic carbocycles. The number of hydrogen-bond donors (Lipinski definition) is 0. The van der Waals surface area contributed by atoms with Crippen molar-refractivity contribution in [2.45, 2.75) is 37.0 Å². The molecule has 3 aromatic rings. The number of sulfonamides is 1. The first-order chi connectivity index (χ1) is 14.8. The van der Waals surface area contributed by atoms with E-state index in [-0.39, 0.29) is 16.6 Å². The van der Waals surface area contributed by atoms with E-state index in [0.717, 1.165) is 11.3 Å². The quantitative estimate of drug-likeness (QED) is 0.569. The van der Waals surface area contributed by atoms with Crippen LogP contribution in [0.4, 0.5) is 8.78 Å². The molecule has 0 radical (unpaired) electrons. The Kier molecular flexibility index (Phi) is 6.16. The lowest BCUT2D eigenvalue weighted by Gasteiger charge is -2.31. The van der Waals surface area contributed by atoms with Crippen molar-refractivity contribution in [3.05, 3.63) is 94.8 Å². The van der Waals surface area contributed by atoms with Gasteiger partial charge in [0.15, 0.2) is 0 Å². The van der Waals surface area contributed by atoms with Crippen LogP contribution in [0.5, 0.6) is 0 Å². The highest BCUT2D eigenvalue weighted by molar-refractivity contribution is 7.89. The highest BCUT2D eigenvalue weighted by Crippen LogP contribution is 2.30. The topological polar surface area (TPSA) is 50.3 Å². The van der Waals surface area contributed by atoms with E-state index in [1.807, 2.05) is 18.2 Å². The molecule has 1 saturated heterocycles. The zero-order chi connectivity index (χ0) is 22.0. The predicted molar refractivity (Wildman–Crippen MR) is 115 cm³/mol. The van der Waals surface area contributed by atoms with Gasteiger partial charge in [-0.3, -0.25) is 4.98 Å². The Morgan fingerprint density at radius 3 is 2.39 bits per heavy atom. The molecule has 4 rings (SSSR count). The van der Waals surface area contributed by atoms with Gasteiger partial charge < -0.3 is 0 Å². The molecule has 1 aromatic heterocycles. The Hall–Kier alpha value is -2.64. The Bertz CT molecular complexity index is 1170. The lowest BCUT2D eigenvalue weighted by Crippen LogP contribution is -2.38. The summed E-state index contributed by atoms with van der Waals surface area (Å²) >= 11 is 0. The molecule has 1 aliphatic heterocycles. The van der Waals surface area contributed by atoms with Crippen molar-refractivity contribution in [2.75, 3.05) is 13.1 Å². The van der Waals surface area contributed by atoms with Gasteiger partial charge >= 0.3 is 0 Å². The third-order valence-corrected chi connectivity index (χ3v) is 7.73. The summed E-state index contributed by atoms with van der Waals surface area (Å²) in [4.78, 5) is 4.69. The summed E-state index contributed by atoms with van der Waals surface area (Å²) in [6, 6.07) is 14.5. The molecule has 0 amide bonds. The lowest BCUT2D eigenvalue weighted by atomic mass is 9.93. The molecular weight excluding hydrogens is 418 g/mol. The Morgan fingerprint density at radius 1 is 1.00 bits per heavy atom. The summed E-state index contributed by atoms with van der Waals surface area (Å²) in [6.07, 6.45) is 3.58. The summed E-state index contributed by atoms with van der Waals surface area (Å²) < 4.78 is 54.6. The number of nitrogens with zero attached hydrogens (tertiary/aromatic N) is 2. The molecule has 1 aliphatic rings. The van der Waals surface area contributed by atoms with Gasteiger partial charge in [0.05, 0.1) is 4.90 Å². The summed E-state index contributed by atoms with van der Waals surface area (Å²) in [5.74, 6) is -0.470. The van der Waals surface area contributed by atoms with Crippen molar-refractivity contribution in [3.8, 4) is 0 Å². The van der Waals surface area contributed by atoms with Gasteiger partial charge in [-0.15, -0.1) is 0 Å². The molecule has 0 unspecified atom stereocenters. The number of halogens is 2. The average Bonchev–Trinajstić information content (AvgIpc) is 2.78. The third-order valence-electron chi connectivity index (χ3n) is 5.84. The number of aryl methyl sites for hydroxylation is 1. The molecule has 4 nitrogen and oxygen atoms in total. The van der Waals surface area contributed by atoms with Crippen LogP contribution in [-0.2, 0) is 16.4 Å². The molecule has 0 saturated carbocycles. The van der Waals surface area contributed by atoms with Crippen molar-refractivity contribution >= 4 is 10.0 Å². The van der Waals surface area contributed by atoms with Crippen molar-refractivity contribution in [3.63, 3.8) is 0 Å². The molecule has 0 bridgehead atoms. The minimum Gasteiger partial charge on any atom is -0.261 e. The largest absolute Gasteiger partial charge is 0.261 e. The molecule has 0 N–H and O–H groups in total. The fourth-order valence-corrected chi connectivity index (χ4v) is 5.52. The third kappa shape index (κ3) is 4.67. The normalized spacial score (nSPS) is 15.8. The molecule has 162 valence electrons. The second-order valence-electron chi connectivity index (χ2n) is 7.95. The van der Waals surface area contributed by atoms with Crippen LogP contribution in [0, 0.1) is 18.6 Å². The van der Waals surface area contributed by atoms with Gasteiger partial charge in [0.2, 0.25) is 10.0 Å². The Balaban J connectivity index is 1.40. The maximum Gasteiger partial charge on any atom is 0.243 e. The van der Waals surface area contributed by atoms with E-state index in [2.05, 4.69) is 4.98 Å². The van der Waals surface area contributed by atoms with E-state index in [0.29, 0.717) is 43.5 Å². The number of rotatable bonds is 5. The summed E-state index contributed by atoms with van der Waals surface area (Å²) in [5, 5.41) is 0. The van der Waals surface area contributed by atoms with E-state index in [9.17, 15) is 17.2 Å². The minimum absolute atomic E-state index is 0.125. The van der Waals surface area contributed by atoms with E-state index in [4.69, 9.17) is 0 Å². The summed E-state index contributed by atoms with van der Waals surface area (Å²) in [6.45, 7) is 2.34. The van der Waals surface area contributed by atoms with Crippen LogP contribution in [0.15, 0.2) is 65.7 Å². The molecule has 1 fully saturated rings. The number of aromatic nitrogens is 1. The maximum atomic E-state index is 13.9. The second kappa shape index (κ2) is 8.85. The van der Waals surface area contributed by atoms with Gasteiger partial charge in [-0.05, 0) is 66.8 Å². The van der Waals surface area contributed by atoms with Gasteiger partial charge in [-0.25, -0.2) is 17.2 Å². The number of benzene rings is 2. The standard InChI is InChI=1S/C24H24F2N2O2S/c1-17-14-21(7-8-22(17)25)31(29,30)28-12-10-19(11-13-28)24-9-6-18(16-27-24)15-20-4-2-3-5-23(20)26/h2-9,14,16,19H,10-13,15H2,1H3. The molecule has 31 heavy (non-hydrogen) atoms. The van der Waals surface area contributed by atoms with E-state index in [1.165, 1.54) is 28.6 Å². The van der Waals surface area contributed by atoms with Gasteiger partial charge in [0, 0.05) is 37.3 Å². The first kappa shape index (κ1) is 21.6. The lowest BCUT2D eigenvalue weighted by molar-refractivity contribution is 0.316. The zero-order valence-electron chi connectivity index (χ0n) is 17.3. The molecule has 0 spiro atoms.